The largest absolute Gasteiger partial charge is 0.490 e. The number of hydrogen-bond donors (Lipinski definition) is 1. The van der Waals surface area contributed by atoms with Gasteiger partial charge in [-0.1, -0.05) is 12.8 Å². The molecule has 0 atom stereocenters. The van der Waals surface area contributed by atoms with E-state index in [9.17, 15) is 8.78 Å². The summed E-state index contributed by atoms with van der Waals surface area (Å²) in [5, 5.41) is 3.08. The van der Waals surface area contributed by atoms with Crippen molar-refractivity contribution in [3.05, 3.63) is 29.8 Å². The Balaban J connectivity index is 2.15. The number of benzene rings is 1. The highest BCUT2D eigenvalue weighted by atomic mass is 19.1. The Kier molecular flexibility index (Phi) is 6.55. The normalized spacial score (nSPS) is 10.5. The molecule has 0 unspecified atom stereocenters. The molecule has 0 aromatic heterocycles. The Morgan fingerprint density at radius 3 is 2.65 bits per heavy atom. The van der Waals surface area contributed by atoms with Gasteiger partial charge in [-0.3, -0.25) is 0 Å². The molecular formula is C13H19F2NO. The zero-order chi connectivity index (χ0) is 12.5. The van der Waals surface area contributed by atoms with Crippen LogP contribution in [0.2, 0.25) is 0 Å². The summed E-state index contributed by atoms with van der Waals surface area (Å²) in [6.45, 7) is 1.44. The van der Waals surface area contributed by atoms with Gasteiger partial charge < -0.3 is 10.1 Å². The van der Waals surface area contributed by atoms with Gasteiger partial charge in [0, 0.05) is 6.07 Å². The van der Waals surface area contributed by atoms with Gasteiger partial charge in [0.15, 0.2) is 11.6 Å². The SMILES string of the molecule is CNCCCCCCOc1cc(F)ccc1F. The summed E-state index contributed by atoms with van der Waals surface area (Å²) in [7, 11) is 1.93. The molecule has 0 aliphatic rings. The first-order chi connectivity index (χ1) is 8.24. The van der Waals surface area contributed by atoms with Gasteiger partial charge in [-0.25, -0.2) is 8.78 Å². The molecular weight excluding hydrogens is 224 g/mol. The fraction of sp³-hybridized carbons (Fsp3) is 0.538. The molecule has 96 valence electrons. The van der Waals surface area contributed by atoms with Crippen molar-refractivity contribution in [3.63, 3.8) is 0 Å². The topological polar surface area (TPSA) is 21.3 Å². The summed E-state index contributed by atoms with van der Waals surface area (Å²) < 4.78 is 31.1. The van der Waals surface area contributed by atoms with Gasteiger partial charge in [0.25, 0.3) is 0 Å². The molecule has 4 heteroatoms. The maximum absolute atomic E-state index is 13.1. The van der Waals surface area contributed by atoms with Crippen LogP contribution >= 0.6 is 0 Å². The second kappa shape index (κ2) is 8.01. The maximum Gasteiger partial charge on any atom is 0.165 e. The first kappa shape index (κ1) is 13.9. The summed E-state index contributed by atoms with van der Waals surface area (Å²) in [5.41, 5.74) is 0. The van der Waals surface area contributed by atoms with Gasteiger partial charge in [-0.15, -0.1) is 0 Å². The van der Waals surface area contributed by atoms with E-state index in [0.29, 0.717) is 6.61 Å². The average Bonchev–Trinajstić information content (AvgIpc) is 2.32. The van der Waals surface area contributed by atoms with Crippen molar-refractivity contribution in [1.29, 1.82) is 0 Å². The minimum atomic E-state index is -0.512. The van der Waals surface area contributed by atoms with E-state index in [0.717, 1.165) is 50.4 Å². The third kappa shape index (κ3) is 5.63. The van der Waals surface area contributed by atoms with E-state index in [-0.39, 0.29) is 5.75 Å². The van der Waals surface area contributed by atoms with Gasteiger partial charge in [0.2, 0.25) is 0 Å². The van der Waals surface area contributed by atoms with Gasteiger partial charge in [-0.2, -0.15) is 0 Å². The molecule has 17 heavy (non-hydrogen) atoms. The van der Waals surface area contributed by atoms with Gasteiger partial charge in [0.05, 0.1) is 6.61 Å². The molecule has 1 N–H and O–H groups in total. The van der Waals surface area contributed by atoms with Crippen LogP contribution in [0.25, 0.3) is 0 Å². The lowest BCUT2D eigenvalue weighted by Crippen LogP contribution is -2.07. The Morgan fingerprint density at radius 2 is 1.88 bits per heavy atom. The van der Waals surface area contributed by atoms with E-state index < -0.39 is 11.6 Å². The minimum absolute atomic E-state index is 0.000208. The van der Waals surface area contributed by atoms with E-state index >= 15 is 0 Å². The van der Waals surface area contributed by atoms with Crippen LogP contribution < -0.4 is 10.1 Å². The van der Waals surface area contributed by atoms with E-state index in [1.807, 2.05) is 7.05 Å². The predicted octanol–water partition coefficient (Wildman–Crippen LogP) is 3.12. The molecule has 1 rings (SSSR count). The number of ether oxygens (including phenoxy) is 1. The van der Waals surface area contributed by atoms with E-state index in [4.69, 9.17) is 4.74 Å². The first-order valence-electron chi connectivity index (χ1n) is 5.96. The summed E-state index contributed by atoms with van der Waals surface area (Å²) in [6.07, 6.45) is 4.15. The molecule has 0 spiro atoms. The van der Waals surface area contributed by atoms with Crippen molar-refractivity contribution >= 4 is 0 Å². The Morgan fingerprint density at radius 1 is 1.12 bits per heavy atom. The predicted molar refractivity (Wildman–Crippen MR) is 64.2 cm³/mol. The monoisotopic (exact) mass is 243 g/mol. The number of halogens is 2. The van der Waals surface area contributed by atoms with Gasteiger partial charge >= 0.3 is 0 Å². The van der Waals surface area contributed by atoms with Crippen molar-refractivity contribution < 1.29 is 13.5 Å². The highest BCUT2D eigenvalue weighted by Gasteiger charge is 2.04. The summed E-state index contributed by atoms with van der Waals surface area (Å²) in [5.74, 6) is -0.989. The Hall–Kier alpha value is -1.16. The van der Waals surface area contributed by atoms with Crippen molar-refractivity contribution in [2.75, 3.05) is 20.2 Å². The van der Waals surface area contributed by atoms with Crippen LogP contribution in [-0.2, 0) is 0 Å². The molecule has 0 saturated carbocycles. The molecule has 0 bridgehead atoms. The van der Waals surface area contributed by atoms with Crippen molar-refractivity contribution in [3.8, 4) is 5.75 Å². The molecule has 0 fully saturated rings. The van der Waals surface area contributed by atoms with Crippen molar-refractivity contribution in [2.24, 2.45) is 0 Å². The van der Waals surface area contributed by atoms with E-state index in [1.54, 1.807) is 0 Å². The average molecular weight is 243 g/mol. The zero-order valence-corrected chi connectivity index (χ0v) is 10.1. The van der Waals surface area contributed by atoms with Gasteiger partial charge in [0.1, 0.15) is 5.82 Å². The summed E-state index contributed by atoms with van der Waals surface area (Å²) in [4.78, 5) is 0. The maximum atomic E-state index is 13.1. The molecule has 0 saturated heterocycles. The third-order valence-electron chi connectivity index (χ3n) is 2.47. The third-order valence-corrected chi connectivity index (χ3v) is 2.47. The number of nitrogens with one attached hydrogen (secondary N) is 1. The van der Waals surface area contributed by atoms with Crippen LogP contribution in [0.5, 0.6) is 5.75 Å². The Labute approximate surface area is 101 Å². The van der Waals surface area contributed by atoms with Crippen LogP contribution in [0, 0.1) is 11.6 Å². The lowest BCUT2D eigenvalue weighted by atomic mass is 10.2. The van der Waals surface area contributed by atoms with Gasteiger partial charge in [-0.05, 0) is 38.6 Å². The quantitative estimate of drug-likeness (QED) is 0.708. The second-order valence-corrected chi connectivity index (χ2v) is 3.94. The first-order valence-corrected chi connectivity index (χ1v) is 5.96. The standard InChI is InChI=1S/C13H19F2NO/c1-16-8-4-2-3-5-9-17-13-10-11(14)6-7-12(13)15/h6-7,10,16H,2-5,8-9H2,1H3. The highest BCUT2D eigenvalue weighted by Crippen LogP contribution is 2.18. The van der Waals surface area contributed by atoms with Crippen molar-refractivity contribution in [1.82, 2.24) is 5.32 Å². The zero-order valence-electron chi connectivity index (χ0n) is 10.1. The van der Waals surface area contributed by atoms with Crippen LogP contribution in [-0.4, -0.2) is 20.2 Å². The molecule has 1 aromatic rings. The van der Waals surface area contributed by atoms with Crippen LogP contribution in [0.1, 0.15) is 25.7 Å². The molecule has 0 radical (unpaired) electrons. The fourth-order valence-electron chi connectivity index (χ4n) is 1.53. The molecule has 0 amide bonds. The molecule has 1 aromatic carbocycles. The minimum Gasteiger partial charge on any atom is -0.490 e. The van der Waals surface area contributed by atoms with Crippen LogP contribution in [0.4, 0.5) is 8.78 Å². The molecule has 2 nitrogen and oxygen atoms in total. The van der Waals surface area contributed by atoms with E-state index in [2.05, 4.69) is 5.32 Å². The molecule has 0 heterocycles. The smallest absolute Gasteiger partial charge is 0.165 e. The van der Waals surface area contributed by atoms with Crippen molar-refractivity contribution in [2.45, 2.75) is 25.7 Å². The summed E-state index contributed by atoms with van der Waals surface area (Å²) in [6, 6.07) is 3.24. The van der Waals surface area contributed by atoms with Crippen LogP contribution in [0.3, 0.4) is 0 Å². The van der Waals surface area contributed by atoms with E-state index in [1.165, 1.54) is 0 Å². The lowest BCUT2D eigenvalue weighted by molar-refractivity contribution is 0.288. The Bertz CT molecular complexity index is 331. The van der Waals surface area contributed by atoms with Crippen LogP contribution in [0.15, 0.2) is 18.2 Å². The number of unbranched alkanes of at least 4 members (excludes halogenated alkanes) is 3. The molecule has 0 aliphatic heterocycles. The number of rotatable bonds is 8. The molecule has 0 aliphatic carbocycles. The highest BCUT2D eigenvalue weighted by molar-refractivity contribution is 5.24. The summed E-state index contributed by atoms with van der Waals surface area (Å²) >= 11 is 0. The second-order valence-electron chi connectivity index (χ2n) is 3.94. The fourth-order valence-corrected chi connectivity index (χ4v) is 1.53. The lowest BCUT2D eigenvalue weighted by Gasteiger charge is -2.07. The number of hydrogen-bond acceptors (Lipinski definition) is 2.